The predicted molar refractivity (Wildman–Crippen MR) is 68.5 cm³/mol. The molecule has 2 N–H and O–H groups in total. The maximum atomic E-state index is 11.2. The largest absolute Gasteiger partial charge is 0.354 e. The van der Waals surface area contributed by atoms with Crippen LogP contribution >= 0.6 is 0 Å². The molecule has 0 aromatic rings. The minimum atomic E-state index is -0.0440. The van der Waals surface area contributed by atoms with Crippen LogP contribution in [0.1, 0.15) is 26.7 Å². The van der Waals surface area contributed by atoms with Crippen molar-refractivity contribution in [3.63, 3.8) is 0 Å². The molecular formula is C12H24N4O. The molecule has 17 heavy (non-hydrogen) atoms. The number of nitrogens with zero attached hydrogens (tertiary/aromatic N) is 2. The molecule has 0 unspecified atom stereocenters. The van der Waals surface area contributed by atoms with Gasteiger partial charge in [-0.2, -0.15) is 5.26 Å². The van der Waals surface area contributed by atoms with Gasteiger partial charge in [-0.15, -0.1) is 0 Å². The zero-order valence-electron chi connectivity index (χ0n) is 11.1. The van der Waals surface area contributed by atoms with Crippen molar-refractivity contribution in [1.29, 1.82) is 5.26 Å². The summed E-state index contributed by atoms with van der Waals surface area (Å²) in [5, 5.41) is 14.1. The Morgan fingerprint density at radius 2 is 2.12 bits per heavy atom. The molecule has 0 heterocycles. The van der Waals surface area contributed by atoms with E-state index in [1.807, 2.05) is 6.07 Å². The normalized spacial score (nSPS) is 10.6. The average molecular weight is 240 g/mol. The van der Waals surface area contributed by atoms with E-state index in [0.29, 0.717) is 25.6 Å². The molecule has 0 spiro atoms. The SMILES string of the molecule is CC(C)N(C)CCCNCC(=O)NCCC#N. The molecule has 0 aromatic heterocycles. The Bertz CT molecular complexity index is 247. The molecule has 0 radical (unpaired) electrons. The van der Waals surface area contributed by atoms with Gasteiger partial charge < -0.3 is 15.5 Å². The van der Waals surface area contributed by atoms with Crippen LogP contribution in [0, 0.1) is 11.3 Å². The molecule has 0 fully saturated rings. The van der Waals surface area contributed by atoms with Crippen LogP contribution in [-0.2, 0) is 4.79 Å². The van der Waals surface area contributed by atoms with Gasteiger partial charge in [-0.25, -0.2) is 0 Å². The summed E-state index contributed by atoms with van der Waals surface area (Å²) in [6, 6.07) is 2.54. The Labute approximate surface area is 104 Å². The smallest absolute Gasteiger partial charge is 0.233 e. The summed E-state index contributed by atoms with van der Waals surface area (Å²) in [7, 11) is 2.10. The first-order valence-electron chi connectivity index (χ1n) is 6.12. The molecule has 5 nitrogen and oxygen atoms in total. The van der Waals surface area contributed by atoms with Crippen LogP contribution in [-0.4, -0.2) is 50.1 Å². The van der Waals surface area contributed by atoms with Crippen LogP contribution < -0.4 is 10.6 Å². The molecule has 0 aliphatic carbocycles. The minimum Gasteiger partial charge on any atom is -0.354 e. The Kier molecular flexibility index (Phi) is 9.40. The summed E-state index contributed by atoms with van der Waals surface area (Å²) in [6.07, 6.45) is 1.39. The average Bonchev–Trinajstić information content (AvgIpc) is 2.28. The summed E-state index contributed by atoms with van der Waals surface area (Å²) in [6.45, 7) is 6.96. The van der Waals surface area contributed by atoms with Crippen LogP contribution in [0.3, 0.4) is 0 Å². The summed E-state index contributed by atoms with van der Waals surface area (Å²) < 4.78 is 0. The van der Waals surface area contributed by atoms with Crippen molar-refractivity contribution in [2.45, 2.75) is 32.7 Å². The van der Waals surface area contributed by atoms with Crippen molar-refractivity contribution in [1.82, 2.24) is 15.5 Å². The maximum absolute atomic E-state index is 11.2. The van der Waals surface area contributed by atoms with E-state index in [-0.39, 0.29) is 5.91 Å². The fraction of sp³-hybridized carbons (Fsp3) is 0.833. The predicted octanol–water partition coefficient (Wildman–Crippen LogP) is 0.336. The number of hydrogen-bond acceptors (Lipinski definition) is 4. The lowest BCUT2D eigenvalue weighted by Crippen LogP contribution is -2.36. The molecule has 0 bridgehead atoms. The Morgan fingerprint density at radius 1 is 1.41 bits per heavy atom. The second-order valence-electron chi connectivity index (χ2n) is 4.36. The monoisotopic (exact) mass is 240 g/mol. The highest BCUT2D eigenvalue weighted by Gasteiger charge is 2.02. The van der Waals surface area contributed by atoms with Gasteiger partial charge in [0.2, 0.25) is 5.91 Å². The third-order valence-corrected chi connectivity index (χ3v) is 2.59. The van der Waals surface area contributed by atoms with E-state index in [4.69, 9.17) is 5.26 Å². The summed E-state index contributed by atoms with van der Waals surface area (Å²) in [5.74, 6) is -0.0440. The third-order valence-electron chi connectivity index (χ3n) is 2.59. The highest BCUT2D eigenvalue weighted by atomic mass is 16.1. The number of carbonyl (C=O) groups excluding carboxylic acids is 1. The maximum Gasteiger partial charge on any atom is 0.233 e. The fourth-order valence-electron chi connectivity index (χ4n) is 1.23. The van der Waals surface area contributed by atoms with Crippen molar-refractivity contribution < 1.29 is 4.79 Å². The highest BCUT2D eigenvalue weighted by molar-refractivity contribution is 5.77. The number of amides is 1. The van der Waals surface area contributed by atoms with Crippen molar-refractivity contribution in [3.05, 3.63) is 0 Å². The lowest BCUT2D eigenvalue weighted by molar-refractivity contribution is -0.120. The summed E-state index contributed by atoms with van der Waals surface area (Å²) >= 11 is 0. The van der Waals surface area contributed by atoms with Crippen molar-refractivity contribution in [2.75, 3.05) is 33.2 Å². The molecular weight excluding hydrogens is 216 g/mol. The number of nitrogens with one attached hydrogen (secondary N) is 2. The van der Waals surface area contributed by atoms with Gasteiger partial charge in [0.15, 0.2) is 0 Å². The van der Waals surface area contributed by atoms with Crippen LogP contribution in [0.2, 0.25) is 0 Å². The van der Waals surface area contributed by atoms with E-state index >= 15 is 0 Å². The molecule has 0 aliphatic rings. The number of rotatable bonds is 9. The number of hydrogen-bond donors (Lipinski definition) is 2. The van der Waals surface area contributed by atoms with Gasteiger partial charge in [0.25, 0.3) is 0 Å². The Morgan fingerprint density at radius 3 is 2.71 bits per heavy atom. The summed E-state index contributed by atoms with van der Waals surface area (Å²) in [4.78, 5) is 13.5. The molecule has 0 saturated heterocycles. The highest BCUT2D eigenvalue weighted by Crippen LogP contribution is 1.93. The van der Waals surface area contributed by atoms with Crippen molar-refractivity contribution in [3.8, 4) is 6.07 Å². The first-order valence-corrected chi connectivity index (χ1v) is 6.12. The van der Waals surface area contributed by atoms with Gasteiger partial charge in [-0.3, -0.25) is 4.79 Å². The van der Waals surface area contributed by atoms with Gasteiger partial charge >= 0.3 is 0 Å². The quantitative estimate of drug-likeness (QED) is 0.570. The Balaban J connectivity index is 3.34. The van der Waals surface area contributed by atoms with Crippen molar-refractivity contribution in [2.24, 2.45) is 0 Å². The topological polar surface area (TPSA) is 68.2 Å². The van der Waals surface area contributed by atoms with E-state index in [1.165, 1.54) is 0 Å². The molecule has 0 aliphatic heterocycles. The first kappa shape index (κ1) is 15.9. The number of carbonyl (C=O) groups is 1. The van der Waals surface area contributed by atoms with Crippen LogP contribution in [0.5, 0.6) is 0 Å². The first-order chi connectivity index (χ1) is 8.07. The second-order valence-corrected chi connectivity index (χ2v) is 4.36. The third kappa shape index (κ3) is 9.79. The second kappa shape index (κ2) is 10.1. The standard InChI is InChI=1S/C12H24N4O/c1-11(2)16(3)9-5-7-14-10-12(17)15-8-4-6-13/h11,14H,4-5,7-10H2,1-3H3,(H,15,17). The van der Waals surface area contributed by atoms with Gasteiger partial charge in [-0.1, -0.05) is 0 Å². The molecule has 0 atom stereocenters. The fourth-order valence-corrected chi connectivity index (χ4v) is 1.23. The van der Waals surface area contributed by atoms with Crippen LogP contribution in [0.4, 0.5) is 0 Å². The van der Waals surface area contributed by atoms with E-state index in [0.717, 1.165) is 19.5 Å². The zero-order valence-corrected chi connectivity index (χ0v) is 11.1. The molecule has 0 rings (SSSR count). The molecule has 5 heteroatoms. The molecule has 98 valence electrons. The van der Waals surface area contributed by atoms with Crippen LogP contribution in [0.15, 0.2) is 0 Å². The van der Waals surface area contributed by atoms with E-state index in [2.05, 4.69) is 36.4 Å². The zero-order chi connectivity index (χ0) is 13.1. The molecule has 0 saturated carbocycles. The van der Waals surface area contributed by atoms with Gasteiger partial charge in [-0.05, 0) is 40.4 Å². The lowest BCUT2D eigenvalue weighted by atomic mass is 10.3. The van der Waals surface area contributed by atoms with E-state index in [9.17, 15) is 4.79 Å². The van der Waals surface area contributed by atoms with E-state index in [1.54, 1.807) is 0 Å². The summed E-state index contributed by atoms with van der Waals surface area (Å²) in [5.41, 5.74) is 0. The lowest BCUT2D eigenvalue weighted by Gasteiger charge is -2.20. The molecule has 1 amide bonds. The van der Waals surface area contributed by atoms with Crippen LogP contribution in [0.25, 0.3) is 0 Å². The van der Waals surface area contributed by atoms with E-state index < -0.39 is 0 Å². The molecule has 0 aromatic carbocycles. The van der Waals surface area contributed by atoms with Gasteiger partial charge in [0.1, 0.15) is 0 Å². The van der Waals surface area contributed by atoms with Gasteiger partial charge in [0.05, 0.1) is 19.0 Å². The van der Waals surface area contributed by atoms with Gasteiger partial charge in [0, 0.05) is 12.6 Å². The minimum absolute atomic E-state index is 0.0440. The Hall–Kier alpha value is -1.12. The number of nitriles is 1. The van der Waals surface area contributed by atoms with Crippen molar-refractivity contribution >= 4 is 5.91 Å².